The van der Waals surface area contributed by atoms with E-state index in [1.807, 2.05) is 39.1 Å². The molecule has 0 aliphatic rings. The van der Waals surface area contributed by atoms with Crippen molar-refractivity contribution in [3.8, 4) is 0 Å². The normalized spacial score (nSPS) is 11.8. The standard InChI is InChI=1S/C23H24N6OS/c1-3-4-7-12-28-21(30)18-8-5-6-9-19(18)29-22(28)25-26-23(29)31-15-17-14-27-13-16(2)10-11-20(27)24-17/h5-6,8-11,13-14H,3-4,7,12,15H2,1-2H3. The van der Waals surface area contributed by atoms with Crippen LogP contribution < -0.4 is 5.56 Å². The molecule has 0 saturated heterocycles. The average molecular weight is 433 g/mol. The minimum Gasteiger partial charge on any atom is -0.307 e. The maximum Gasteiger partial charge on any atom is 0.262 e. The van der Waals surface area contributed by atoms with Gasteiger partial charge in [-0.3, -0.25) is 13.8 Å². The van der Waals surface area contributed by atoms with Crippen LogP contribution in [-0.4, -0.2) is 28.5 Å². The van der Waals surface area contributed by atoms with E-state index in [9.17, 15) is 4.79 Å². The summed E-state index contributed by atoms with van der Waals surface area (Å²) < 4.78 is 5.82. The Morgan fingerprint density at radius 1 is 1.03 bits per heavy atom. The zero-order valence-electron chi connectivity index (χ0n) is 17.7. The molecular formula is C23H24N6OS. The number of unbranched alkanes of at least 4 members (excludes halogenated alkanes) is 2. The maximum absolute atomic E-state index is 13.1. The molecule has 0 unspecified atom stereocenters. The van der Waals surface area contributed by atoms with Gasteiger partial charge in [-0.05, 0) is 37.1 Å². The van der Waals surface area contributed by atoms with E-state index in [1.165, 1.54) is 5.56 Å². The highest BCUT2D eigenvalue weighted by Gasteiger charge is 2.17. The summed E-state index contributed by atoms with van der Waals surface area (Å²) in [5.41, 5.74) is 3.95. The summed E-state index contributed by atoms with van der Waals surface area (Å²) in [4.78, 5) is 17.8. The topological polar surface area (TPSA) is 69.5 Å². The third-order valence-corrected chi connectivity index (χ3v) is 6.42. The molecule has 0 radical (unpaired) electrons. The van der Waals surface area contributed by atoms with Gasteiger partial charge in [-0.15, -0.1) is 10.2 Å². The Balaban J connectivity index is 1.54. The Morgan fingerprint density at radius 2 is 1.90 bits per heavy atom. The Kier molecular flexibility index (Phi) is 5.23. The summed E-state index contributed by atoms with van der Waals surface area (Å²) >= 11 is 1.59. The quantitative estimate of drug-likeness (QED) is 0.280. The smallest absolute Gasteiger partial charge is 0.262 e. The lowest BCUT2D eigenvalue weighted by Crippen LogP contribution is -2.23. The molecule has 0 spiro atoms. The number of aryl methyl sites for hydroxylation is 2. The van der Waals surface area contributed by atoms with Gasteiger partial charge in [0.2, 0.25) is 5.78 Å². The second-order valence-electron chi connectivity index (χ2n) is 7.79. The molecule has 4 heterocycles. The van der Waals surface area contributed by atoms with E-state index in [0.29, 0.717) is 23.5 Å². The van der Waals surface area contributed by atoms with Crippen LogP contribution >= 0.6 is 11.8 Å². The fraction of sp³-hybridized carbons (Fsp3) is 0.304. The number of imidazole rings is 1. The highest BCUT2D eigenvalue weighted by Crippen LogP contribution is 2.25. The van der Waals surface area contributed by atoms with Gasteiger partial charge in [0.15, 0.2) is 5.16 Å². The summed E-state index contributed by atoms with van der Waals surface area (Å²) in [6.07, 6.45) is 7.25. The van der Waals surface area contributed by atoms with Crippen molar-refractivity contribution in [3.63, 3.8) is 0 Å². The van der Waals surface area contributed by atoms with Crippen molar-refractivity contribution in [2.75, 3.05) is 0 Å². The van der Waals surface area contributed by atoms with E-state index >= 15 is 0 Å². The molecule has 8 heteroatoms. The lowest BCUT2D eigenvalue weighted by Gasteiger charge is -2.11. The highest BCUT2D eigenvalue weighted by molar-refractivity contribution is 7.98. The number of rotatable bonds is 7. The molecule has 0 aliphatic carbocycles. The first-order valence-corrected chi connectivity index (χ1v) is 11.6. The average Bonchev–Trinajstić information content (AvgIpc) is 3.38. The molecule has 0 bridgehead atoms. The van der Waals surface area contributed by atoms with Gasteiger partial charge in [0.05, 0.1) is 16.6 Å². The summed E-state index contributed by atoms with van der Waals surface area (Å²) in [6.45, 7) is 4.88. The van der Waals surface area contributed by atoms with Gasteiger partial charge >= 0.3 is 0 Å². The molecule has 158 valence electrons. The fourth-order valence-corrected chi connectivity index (χ4v) is 4.74. The maximum atomic E-state index is 13.1. The lowest BCUT2D eigenvalue weighted by molar-refractivity contribution is 0.594. The molecule has 5 rings (SSSR count). The Bertz CT molecular complexity index is 1450. The molecule has 0 saturated carbocycles. The van der Waals surface area contributed by atoms with Gasteiger partial charge in [-0.2, -0.15) is 0 Å². The number of hydrogen-bond acceptors (Lipinski definition) is 5. The largest absolute Gasteiger partial charge is 0.307 e. The summed E-state index contributed by atoms with van der Waals surface area (Å²) in [5, 5.41) is 10.3. The van der Waals surface area contributed by atoms with Crippen LogP contribution in [0.5, 0.6) is 0 Å². The van der Waals surface area contributed by atoms with Crippen molar-refractivity contribution >= 4 is 34.1 Å². The number of thioether (sulfide) groups is 1. The van der Waals surface area contributed by atoms with E-state index in [1.54, 1.807) is 16.3 Å². The van der Waals surface area contributed by atoms with Gasteiger partial charge < -0.3 is 4.40 Å². The SMILES string of the molecule is CCCCCn1c(=O)c2ccccc2n2c(SCc3cn4cc(C)ccc4n3)nnc12. The molecule has 0 amide bonds. The fourth-order valence-electron chi connectivity index (χ4n) is 3.91. The molecule has 0 aliphatic heterocycles. The van der Waals surface area contributed by atoms with Crippen molar-refractivity contribution in [1.82, 2.24) is 28.5 Å². The highest BCUT2D eigenvalue weighted by atomic mass is 32.2. The number of aromatic nitrogens is 6. The van der Waals surface area contributed by atoms with Crippen LogP contribution in [0.4, 0.5) is 0 Å². The third kappa shape index (κ3) is 3.61. The van der Waals surface area contributed by atoms with Gasteiger partial charge in [0.1, 0.15) is 5.65 Å². The Hall–Kier alpha value is -3.13. The van der Waals surface area contributed by atoms with Crippen LogP contribution in [0.15, 0.2) is 58.7 Å². The first kappa shape index (κ1) is 19.8. The monoisotopic (exact) mass is 432 g/mol. The van der Waals surface area contributed by atoms with E-state index in [-0.39, 0.29) is 5.56 Å². The van der Waals surface area contributed by atoms with Crippen LogP contribution in [0.2, 0.25) is 0 Å². The zero-order valence-corrected chi connectivity index (χ0v) is 18.5. The molecular weight excluding hydrogens is 408 g/mol. The third-order valence-electron chi connectivity index (χ3n) is 5.46. The number of pyridine rings is 1. The summed E-state index contributed by atoms with van der Waals surface area (Å²) in [5.74, 6) is 1.28. The summed E-state index contributed by atoms with van der Waals surface area (Å²) in [7, 11) is 0. The molecule has 0 atom stereocenters. The van der Waals surface area contributed by atoms with E-state index in [0.717, 1.165) is 41.3 Å². The van der Waals surface area contributed by atoms with Crippen molar-refractivity contribution in [3.05, 3.63) is 70.4 Å². The van der Waals surface area contributed by atoms with Crippen molar-refractivity contribution < 1.29 is 0 Å². The number of benzene rings is 1. The second kappa shape index (κ2) is 8.19. The molecule has 0 fully saturated rings. The van der Waals surface area contributed by atoms with Crippen molar-refractivity contribution in [1.29, 1.82) is 0 Å². The van der Waals surface area contributed by atoms with E-state index < -0.39 is 0 Å². The molecule has 31 heavy (non-hydrogen) atoms. The molecule has 1 aromatic carbocycles. The Morgan fingerprint density at radius 3 is 2.77 bits per heavy atom. The van der Waals surface area contributed by atoms with Crippen LogP contribution in [-0.2, 0) is 12.3 Å². The predicted octanol–water partition coefficient (Wildman–Crippen LogP) is 4.48. The van der Waals surface area contributed by atoms with Crippen LogP contribution in [0, 0.1) is 6.92 Å². The Labute approximate surface area is 183 Å². The number of fused-ring (bicyclic) bond motifs is 4. The number of hydrogen-bond donors (Lipinski definition) is 0. The minimum atomic E-state index is -0.00104. The van der Waals surface area contributed by atoms with Gasteiger partial charge in [-0.1, -0.05) is 49.7 Å². The van der Waals surface area contributed by atoms with Crippen LogP contribution in [0.3, 0.4) is 0 Å². The molecule has 4 aromatic heterocycles. The van der Waals surface area contributed by atoms with Crippen LogP contribution in [0.1, 0.15) is 37.4 Å². The first-order chi connectivity index (χ1) is 15.2. The van der Waals surface area contributed by atoms with E-state index in [2.05, 4.69) is 42.5 Å². The minimum absolute atomic E-state index is 0.00104. The van der Waals surface area contributed by atoms with Gasteiger partial charge in [0, 0.05) is 24.7 Å². The van der Waals surface area contributed by atoms with Crippen molar-refractivity contribution in [2.24, 2.45) is 0 Å². The molecule has 0 N–H and O–H groups in total. The van der Waals surface area contributed by atoms with E-state index in [4.69, 9.17) is 4.98 Å². The van der Waals surface area contributed by atoms with Gasteiger partial charge in [0.25, 0.3) is 5.56 Å². The zero-order chi connectivity index (χ0) is 21.4. The lowest BCUT2D eigenvalue weighted by atomic mass is 10.2. The number of nitrogens with zero attached hydrogens (tertiary/aromatic N) is 6. The second-order valence-corrected chi connectivity index (χ2v) is 8.73. The molecule has 7 nitrogen and oxygen atoms in total. The van der Waals surface area contributed by atoms with Crippen molar-refractivity contribution in [2.45, 2.75) is 50.6 Å². The van der Waals surface area contributed by atoms with Gasteiger partial charge in [-0.25, -0.2) is 4.98 Å². The predicted molar refractivity (Wildman–Crippen MR) is 124 cm³/mol. The number of para-hydroxylation sites is 1. The molecule has 5 aromatic rings. The summed E-state index contributed by atoms with van der Waals surface area (Å²) in [6, 6.07) is 11.8. The van der Waals surface area contributed by atoms with Crippen LogP contribution in [0.25, 0.3) is 22.3 Å². The first-order valence-electron chi connectivity index (χ1n) is 10.6.